The molecule has 28 heavy (non-hydrogen) atoms. The fourth-order valence-corrected chi connectivity index (χ4v) is 2.64. The molecule has 0 spiro atoms. The van der Waals surface area contributed by atoms with E-state index < -0.39 is 0 Å². The molecule has 3 N–H and O–H groups in total. The van der Waals surface area contributed by atoms with Gasteiger partial charge in [0.2, 0.25) is 5.91 Å². The summed E-state index contributed by atoms with van der Waals surface area (Å²) in [5.41, 5.74) is 8.52. The van der Waals surface area contributed by atoms with Crippen LogP contribution in [-0.2, 0) is 4.79 Å². The number of ketones is 1. The summed E-state index contributed by atoms with van der Waals surface area (Å²) in [7, 11) is 0. The highest BCUT2D eigenvalue weighted by molar-refractivity contribution is 6.00. The van der Waals surface area contributed by atoms with Crippen molar-refractivity contribution < 1.29 is 14.3 Å². The van der Waals surface area contributed by atoms with Crippen molar-refractivity contribution >= 4 is 35.5 Å². The molecule has 0 bridgehead atoms. The second kappa shape index (κ2) is 12.0. The highest BCUT2D eigenvalue weighted by Crippen LogP contribution is 2.19. The average molecular weight is 405 g/mol. The fourth-order valence-electron chi connectivity index (χ4n) is 2.64. The third kappa shape index (κ3) is 7.61. The van der Waals surface area contributed by atoms with Crippen LogP contribution in [0.25, 0.3) is 0 Å². The van der Waals surface area contributed by atoms with Crippen LogP contribution in [0.4, 0.5) is 11.4 Å². The Labute approximate surface area is 173 Å². The molecular weight excluding hydrogens is 376 g/mol. The molecule has 0 aliphatic rings. The Morgan fingerprint density at radius 1 is 1.04 bits per heavy atom. The van der Waals surface area contributed by atoms with Gasteiger partial charge in [0.15, 0.2) is 5.78 Å². The van der Waals surface area contributed by atoms with Crippen LogP contribution in [0.5, 0.6) is 5.75 Å². The van der Waals surface area contributed by atoms with E-state index in [2.05, 4.69) is 12.2 Å². The number of carbonyl (C=O) groups excluding carboxylic acids is 2. The van der Waals surface area contributed by atoms with Gasteiger partial charge >= 0.3 is 0 Å². The van der Waals surface area contributed by atoms with Crippen LogP contribution in [0.15, 0.2) is 42.5 Å². The maximum Gasteiger partial charge on any atom is 0.224 e. The van der Waals surface area contributed by atoms with Gasteiger partial charge in [0, 0.05) is 29.8 Å². The van der Waals surface area contributed by atoms with Gasteiger partial charge in [0.25, 0.3) is 0 Å². The van der Waals surface area contributed by atoms with Crippen LogP contribution in [0.3, 0.4) is 0 Å². The lowest BCUT2D eigenvalue weighted by molar-refractivity contribution is -0.116. The molecule has 0 saturated heterocycles. The summed E-state index contributed by atoms with van der Waals surface area (Å²) < 4.78 is 5.64. The van der Waals surface area contributed by atoms with Gasteiger partial charge in [-0.15, -0.1) is 12.4 Å². The summed E-state index contributed by atoms with van der Waals surface area (Å²) in [6.45, 7) is 4.73. The zero-order valence-corrected chi connectivity index (χ0v) is 17.3. The zero-order valence-electron chi connectivity index (χ0n) is 16.5. The van der Waals surface area contributed by atoms with Crippen molar-refractivity contribution in [1.29, 1.82) is 0 Å². The van der Waals surface area contributed by atoms with Crippen molar-refractivity contribution in [3.05, 3.63) is 53.6 Å². The number of benzene rings is 2. The van der Waals surface area contributed by atoms with Gasteiger partial charge in [-0.05, 0) is 55.3 Å². The molecule has 0 atom stereocenters. The van der Waals surface area contributed by atoms with Crippen molar-refractivity contribution in [2.75, 3.05) is 17.7 Å². The number of nitrogens with one attached hydrogen (secondary N) is 1. The standard InChI is InChI=1S/C22H28N2O3.ClH/c1-3-4-5-14-27-19-10-7-17(8-11-19)21(25)12-13-22(26)24-20-15-18(23)9-6-16(20)2;/h6-11,15H,3-5,12-14,23H2,1-2H3,(H,24,26);1H. The SMILES string of the molecule is CCCCCOc1ccc(C(=O)CCC(=O)Nc2cc(N)ccc2C)cc1.Cl. The van der Waals surface area contributed by atoms with E-state index in [0.29, 0.717) is 23.5 Å². The Morgan fingerprint density at radius 3 is 2.43 bits per heavy atom. The Balaban J connectivity index is 0.00000392. The molecule has 0 unspecified atom stereocenters. The number of ether oxygens (including phenoxy) is 1. The molecular formula is C22H29ClN2O3. The Bertz CT molecular complexity index is 776. The second-order valence-electron chi connectivity index (χ2n) is 6.63. The maximum atomic E-state index is 12.3. The summed E-state index contributed by atoms with van der Waals surface area (Å²) in [5, 5.41) is 2.81. The van der Waals surface area contributed by atoms with Crippen LogP contribution in [0.1, 0.15) is 54.9 Å². The Hall–Kier alpha value is -2.53. The number of Topliss-reactive ketones (excluding diaryl/α,β-unsaturated/α-hetero) is 1. The summed E-state index contributed by atoms with van der Waals surface area (Å²) in [4.78, 5) is 24.4. The molecule has 2 rings (SSSR count). The second-order valence-corrected chi connectivity index (χ2v) is 6.63. The molecule has 0 aliphatic carbocycles. The maximum absolute atomic E-state index is 12.3. The number of unbranched alkanes of at least 4 members (excludes halogenated alkanes) is 2. The van der Waals surface area contributed by atoms with Crippen LogP contribution < -0.4 is 15.8 Å². The molecule has 2 aromatic rings. The quantitative estimate of drug-likeness (QED) is 0.325. The molecule has 5 nitrogen and oxygen atoms in total. The molecule has 0 fully saturated rings. The van der Waals surface area contributed by atoms with E-state index in [9.17, 15) is 9.59 Å². The minimum atomic E-state index is -0.201. The van der Waals surface area contributed by atoms with Crippen molar-refractivity contribution in [1.82, 2.24) is 0 Å². The van der Waals surface area contributed by atoms with Gasteiger partial charge in [-0.1, -0.05) is 25.8 Å². The van der Waals surface area contributed by atoms with E-state index in [1.165, 1.54) is 0 Å². The van der Waals surface area contributed by atoms with Gasteiger partial charge in [-0.2, -0.15) is 0 Å². The number of nitrogens with two attached hydrogens (primary N) is 1. The molecule has 6 heteroatoms. The van der Waals surface area contributed by atoms with Crippen molar-refractivity contribution in [2.24, 2.45) is 0 Å². The van der Waals surface area contributed by atoms with E-state index in [0.717, 1.165) is 30.6 Å². The molecule has 0 heterocycles. The van der Waals surface area contributed by atoms with Gasteiger partial charge in [-0.25, -0.2) is 0 Å². The smallest absolute Gasteiger partial charge is 0.224 e. The molecule has 0 radical (unpaired) electrons. The largest absolute Gasteiger partial charge is 0.494 e. The number of nitrogen functional groups attached to an aromatic ring is 1. The number of amides is 1. The monoisotopic (exact) mass is 404 g/mol. The van der Waals surface area contributed by atoms with Gasteiger partial charge in [-0.3, -0.25) is 9.59 Å². The van der Waals surface area contributed by atoms with E-state index in [1.807, 2.05) is 13.0 Å². The average Bonchev–Trinajstić information content (AvgIpc) is 2.67. The topological polar surface area (TPSA) is 81.4 Å². The number of halogens is 1. The Morgan fingerprint density at radius 2 is 1.75 bits per heavy atom. The summed E-state index contributed by atoms with van der Waals surface area (Å²) in [6.07, 6.45) is 3.61. The highest BCUT2D eigenvalue weighted by Gasteiger charge is 2.11. The minimum absolute atomic E-state index is 0. The third-order valence-electron chi connectivity index (χ3n) is 4.31. The summed E-state index contributed by atoms with van der Waals surface area (Å²) >= 11 is 0. The van der Waals surface area contributed by atoms with E-state index >= 15 is 0 Å². The number of hydrogen-bond donors (Lipinski definition) is 2. The van der Waals surface area contributed by atoms with Crippen LogP contribution in [0.2, 0.25) is 0 Å². The first-order valence-corrected chi connectivity index (χ1v) is 9.41. The zero-order chi connectivity index (χ0) is 19.6. The predicted octanol–water partition coefficient (Wildman–Crippen LogP) is 5.17. The summed E-state index contributed by atoms with van der Waals surface area (Å²) in [6, 6.07) is 12.4. The lowest BCUT2D eigenvalue weighted by atomic mass is 10.1. The first-order chi connectivity index (χ1) is 13.0. The van der Waals surface area contributed by atoms with Crippen molar-refractivity contribution in [3.8, 4) is 5.75 Å². The van der Waals surface area contributed by atoms with E-state index in [-0.39, 0.29) is 36.9 Å². The predicted molar refractivity (Wildman–Crippen MR) is 116 cm³/mol. The lowest BCUT2D eigenvalue weighted by Gasteiger charge is -2.09. The van der Waals surface area contributed by atoms with Crippen LogP contribution >= 0.6 is 12.4 Å². The molecule has 1 amide bonds. The Kier molecular flexibility index (Phi) is 10.1. The van der Waals surface area contributed by atoms with E-state index in [4.69, 9.17) is 10.5 Å². The highest BCUT2D eigenvalue weighted by atomic mass is 35.5. The first kappa shape index (κ1) is 23.5. The summed E-state index contributed by atoms with van der Waals surface area (Å²) in [5.74, 6) is 0.498. The van der Waals surface area contributed by atoms with Crippen LogP contribution in [0, 0.1) is 6.92 Å². The number of aryl methyl sites for hydroxylation is 1. The van der Waals surface area contributed by atoms with Gasteiger partial charge < -0.3 is 15.8 Å². The van der Waals surface area contributed by atoms with Crippen molar-refractivity contribution in [3.63, 3.8) is 0 Å². The molecule has 2 aromatic carbocycles. The van der Waals surface area contributed by atoms with E-state index in [1.54, 1.807) is 36.4 Å². The number of carbonyl (C=O) groups is 2. The fraction of sp³-hybridized carbons (Fsp3) is 0.364. The van der Waals surface area contributed by atoms with Gasteiger partial charge in [0.1, 0.15) is 5.75 Å². The van der Waals surface area contributed by atoms with Gasteiger partial charge in [0.05, 0.1) is 6.61 Å². The lowest BCUT2D eigenvalue weighted by Crippen LogP contribution is -2.14. The number of anilines is 2. The van der Waals surface area contributed by atoms with Crippen LogP contribution in [-0.4, -0.2) is 18.3 Å². The molecule has 0 saturated carbocycles. The molecule has 152 valence electrons. The van der Waals surface area contributed by atoms with Crippen molar-refractivity contribution in [2.45, 2.75) is 46.0 Å². The first-order valence-electron chi connectivity index (χ1n) is 9.41. The molecule has 0 aliphatic heterocycles. The molecule has 0 aromatic heterocycles. The normalized spacial score (nSPS) is 10.1. The third-order valence-corrected chi connectivity index (χ3v) is 4.31. The number of rotatable bonds is 10. The number of hydrogen-bond acceptors (Lipinski definition) is 4. The minimum Gasteiger partial charge on any atom is -0.494 e.